The van der Waals surface area contributed by atoms with Crippen LogP contribution in [0.1, 0.15) is 24.7 Å². The Morgan fingerprint density at radius 2 is 2.23 bits per heavy atom. The third kappa shape index (κ3) is 1.84. The predicted molar refractivity (Wildman–Crippen MR) is 44.6 cm³/mol. The average Bonchev–Trinajstić information content (AvgIpc) is 2.71. The van der Waals surface area contributed by atoms with E-state index in [1.54, 1.807) is 0 Å². The Hall–Kier alpha value is -1.01. The summed E-state index contributed by atoms with van der Waals surface area (Å²) in [4.78, 5) is 0. The fourth-order valence-electron chi connectivity index (χ4n) is 1.60. The molecule has 72 valence electrons. The summed E-state index contributed by atoms with van der Waals surface area (Å²) in [5.74, 6) is 1.03. The molecule has 0 aliphatic carbocycles. The van der Waals surface area contributed by atoms with Crippen molar-refractivity contribution in [3.63, 3.8) is 0 Å². The number of nitrogens with one attached hydrogen (secondary N) is 1. The van der Waals surface area contributed by atoms with Gasteiger partial charge in [0.05, 0.1) is 6.04 Å². The summed E-state index contributed by atoms with van der Waals surface area (Å²) in [7, 11) is 0. The van der Waals surface area contributed by atoms with Crippen LogP contribution in [-0.2, 0) is 4.74 Å². The molecule has 1 aromatic heterocycles. The van der Waals surface area contributed by atoms with Crippen molar-refractivity contribution in [1.82, 2.24) is 20.6 Å². The first-order chi connectivity index (χ1) is 6.38. The van der Waals surface area contributed by atoms with E-state index in [2.05, 4.69) is 20.6 Å². The van der Waals surface area contributed by atoms with Crippen molar-refractivity contribution in [2.24, 2.45) is 11.7 Å². The molecule has 0 radical (unpaired) electrons. The normalized spacial score (nSPS) is 21.6. The number of aromatic nitrogens is 4. The maximum atomic E-state index is 5.97. The van der Waals surface area contributed by atoms with Crippen LogP contribution in [0.3, 0.4) is 0 Å². The Labute approximate surface area is 75.8 Å². The molecule has 1 aliphatic heterocycles. The molecule has 0 spiro atoms. The minimum absolute atomic E-state index is 0.109. The highest BCUT2D eigenvalue weighted by Gasteiger charge is 2.24. The first-order valence-electron chi connectivity index (χ1n) is 4.44. The highest BCUT2D eigenvalue weighted by Crippen LogP contribution is 2.25. The molecule has 1 fully saturated rings. The van der Waals surface area contributed by atoms with Gasteiger partial charge in [0.1, 0.15) is 0 Å². The number of hydrogen-bond acceptors (Lipinski definition) is 5. The molecule has 2 rings (SSSR count). The van der Waals surface area contributed by atoms with Gasteiger partial charge in [-0.05, 0) is 18.8 Å². The lowest BCUT2D eigenvalue weighted by atomic mass is 9.92. The summed E-state index contributed by atoms with van der Waals surface area (Å²) < 4.78 is 5.25. The lowest BCUT2D eigenvalue weighted by Crippen LogP contribution is -2.28. The Kier molecular flexibility index (Phi) is 2.51. The van der Waals surface area contributed by atoms with Gasteiger partial charge in [0.15, 0.2) is 5.82 Å². The van der Waals surface area contributed by atoms with Gasteiger partial charge >= 0.3 is 0 Å². The molecule has 1 atom stereocenters. The Bertz CT molecular complexity index is 243. The third-order valence-electron chi connectivity index (χ3n) is 2.43. The van der Waals surface area contributed by atoms with Crippen LogP contribution in [-0.4, -0.2) is 33.8 Å². The molecule has 1 aromatic rings. The second-order valence-electron chi connectivity index (χ2n) is 3.25. The molecule has 6 heteroatoms. The van der Waals surface area contributed by atoms with E-state index >= 15 is 0 Å². The number of aromatic amines is 1. The van der Waals surface area contributed by atoms with Crippen molar-refractivity contribution in [3.8, 4) is 0 Å². The van der Waals surface area contributed by atoms with E-state index in [-0.39, 0.29) is 6.04 Å². The lowest BCUT2D eigenvalue weighted by Gasteiger charge is -2.25. The molecule has 0 amide bonds. The van der Waals surface area contributed by atoms with Crippen molar-refractivity contribution >= 4 is 0 Å². The van der Waals surface area contributed by atoms with Crippen LogP contribution >= 0.6 is 0 Å². The summed E-state index contributed by atoms with van der Waals surface area (Å²) in [5, 5.41) is 13.7. The quantitative estimate of drug-likeness (QED) is 0.652. The molecule has 0 bridgehead atoms. The van der Waals surface area contributed by atoms with Gasteiger partial charge < -0.3 is 10.5 Å². The van der Waals surface area contributed by atoms with E-state index in [0.29, 0.717) is 11.7 Å². The van der Waals surface area contributed by atoms with Gasteiger partial charge in [-0.1, -0.05) is 5.21 Å². The van der Waals surface area contributed by atoms with E-state index in [0.717, 1.165) is 26.1 Å². The number of H-pyrrole nitrogens is 1. The van der Waals surface area contributed by atoms with Crippen LogP contribution < -0.4 is 5.73 Å². The molecule has 2 heterocycles. The second kappa shape index (κ2) is 3.80. The van der Waals surface area contributed by atoms with Crippen LogP contribution in [0.2, 0.25) is 0 Å². The monoisotopic (exact) mass is 183 g/mol. The largest absolute Gasteiger partial charge is 0.381 e. The van der Waals surface area contributed by atoms with Gasteiger partial charge in [-0.15, -0.1) is 10.2 Å². The van der Waals surface area contributed by atoms with Crippen LogP contribution in [0.15, 0.2) is 0 Å². The van der Waals surface area contributed by atoms with E-state index < -0.39 is 0 Å². The standard InChI is InChI=1S/C7H13N5O/c8-6(7-9-11-12-10-7)5-1-3-13-4-2-5/h5-6H,1-4,8H2,(H,9,10,11,12). The van der Waals surface area contributed by atoms with Crippen molar-refractivity contribution in [3.05, 3.63) is 5.82 Å². The zero-order valence-corrected chi connectivity index (χ0v) is 7.31. The van der Waals surface area contributed by atoms with Gasteiger partial charge in [-0.2, -0.15) is 5.21 Å². The first-order valence-corrected chi connectivity index (χ1v) is 4.44. The molecule has 1 unspecified atom stereocenters. The highest BCUT2D eigenvalue weighted by atomic mass is 16.5. The highest BCUT2D eigenvalue weighted by molar-refractivity contribution is 4.91. The van der Waals surface area contributed by atoms with Crippen LogP contribution in [0.4, 0.5) is 0 Å². The summed E-state index contributed by atoms with van der Waals surface area (Å²) >= 11 is 0. The first kappa shape index (κ1) is 8.58. The summed E-state index contributed by atoms with van der Waals surface area (Å²) in [6, 6.07) is -0.109. The Morgan fingerprint density at radius 3 is 2.85 bits per heavy atom. The average molecular weight is 183 g/mol. The third-order valence-corrected chi connectivity index (χ3v) is 2.43. The second-order valence-corrected chi connectivity index (χ2v) is 3.25. The van der Waals surface area contributed by atoms with E-state index in [4.69, 9.17) is 10.5 Å². The van der Waals surface area contributed by atoms with Crippen LogP contribution in [0, 0.1) is 5.92 Å². The summed E-state index contributed by atoms with van der Waals surface area (Å²) in [5.41, 5.74) is 5.97. The summed E-state index contributed by atoms with van der Waals surface area (Å²) in [6.07, 6.45) is 1.96. The maximum absolute atomic E-state index is 5.97. The topological polar surface area (TPSA) is 89.7 Å². The van der Waals surface area contributed by atoms with Gasteiger partial charge in [0, 0.05) is 13.2 Å². The number of hydrogen-bond donors (Lipinski definition) is 2. The zero-order valence-electron chi connectivity index (χ0n) is 7.31. The van der Waals surface area contributed by atoms with Crippen molar-refractivity contribution in [2.75, 3.05) is 13.2 Å². The number of tetrazole rings is 1. The molecule has 1 aliphatic rings. The molecular formula is C7H13N5O. The molecule has 0 aromatic carbocycles. The smallest absolute Gasteiger partial charge is 0.191 e. The van der Waals surface area contributed by atoms with E-state index in [1.807, 2.05) is 0 Å². The molecule has 0 saturated carbocycles. The van der Waals surface area contributed by atoms with Gasteiger partial charge in [0.25, 0.3) is 0 Å². The number of rotatable bonds is 2. The minimum atomic E-state index is -0.109. The van der Waals surface area contributed by atoms with Crippen LogP contribution in [0.5, 0.6) is 0 Å². The van der Waals surface area contributed by atoms with Gasteiger partial charge in [-0.3, -0.25) is 0 Å². The van der Waals surface area contributed by atoms with Crippen LogP contribution in [0.25, 0.3) is 0 Å². The predicted octanol–water partition coefficient (Wildman–Crippen LogP) is -0.374. The maximum Gasteiger partial charge on any atom is 0.191 e. The Morgan fingerprint density at radius 1 is 1.46 bits per heavy atom. The zero-order chi connectivity index (χ0) is 9.10. The SMILES string of the molecule is NC(c1nn[nH]n1)C1CCOCC1. The fourth-order valence-corrected chi connectivity index (χ4v) is 1.60. The molecular weight excluding hydrogens is 170 g/mol. The van der Waals surface area contributed by atoms with Gasteiger partial charge in [-0.25, -0.2) is 0 Å². The number of nitrogens with two attached hydrogens (primary N) is 1. The lowest BCUT2D eigenvalue weighted by molar-refractivity contribution is 0.0574. The van der Waals surface area contributed by atoms with Crippen molar-refractivity contribution < 1.29 is 4.74 Å². The minimum Gasteiger partial charge on any atom is -0.381 e. The van der Waals surface area contributed by atoms with Gasteiger partial charge in [0.2, 0.25) is 0 Å². The fraction of sp³-hybridized carbons (Fsp3) is 0.857. The number of ether oxygens (including phenoxy) is 1. The van der Waals surface area contributed by atoms with Crippen molar-refractivity contribution in [1.29, 1.82) is 0 Å². The molecule has 13 heavy (non-hydrogen) atoms. The van der Waals surface area contributed by atoms with E-state index in [1.165, 1.54) is 0 Å². The number of nitrogens with zero attached hydrogens (tertiary/aromatic N) is 3. The molecule has 3 N–H and O–H groups in total. The van der Waals surface area contributed by atoms with E-state index in [9.17, 15) is 0 Å². The summed E-state index contributed by atoms with van der Waals surface area (Å²) in [6.45, 7) is 1.58. The molecule has 6 nitrogen and oxygen atoms in total. The molecule has 1 saturated heterocycles. The van der Waals surface area contributed by atoms with Crippen molar-refractivity contribution in [2.45, 2.75) is 18.9 Å². The Balaban J connectivity index is 1.99.